The number of rotatable bonds is 3. The number of carbonyl (C=O) groups is 2. The molecule has 2 aromatic rings. The van der Waals surface area contributed by atoms with Crippen LogP contribution in [0.3, 0.4) is 0 Å². The van der Waals surface area contributed by atoms with Crippen LogP contribution in [0.2, 0.25) is 0 Å². The lowest BCUT2D eigenvalue weighted by molar-refractivity contribution is 0.0600. The van der Waals surface area contributed by atoms with E-state index < -0.39 is 5.97 Å². The van der Waals surface area contributed by atoms with Gasteiger partial charge in [-0.1, -0.05) is 0 Å². The van der Waals surface area contributed by atoms with Crippen molar-refractivity contribution in [1.29, 1.82) is 5.26 Å². The molecule has 0 spiro atoms. The molecular formula is C19H18N2O5. The predicted octanol–water partition coefficient (Wildman–Crippen LogP) is 2.29. The van der Waals surface area contributed by atoms with Crippen LogP contribution < -0.4 is 14.8 Å². The first-order chi connectivity index (χ1) is 12.5. The first-order valence-corrected chi connectivity index (χ1v) is 7.65. The molecule has 7 heteroatoms. The number of nitrogens with one attached hydrogen (secondary N) is 1. The number of ether oxygens (including phenoxy) is 3. The van der Waals surface area contributed by atoms with Crippen molar-refractivity contribution in [2.24, 2.45) is 0 Å². The van der Waals surface area contributed by atoms with Crippen molar-refractivity contribution in [3.05, 3.63) is 58.7 Å². The largest absolute Gasteiger partial charge is 0.497 e. The molecule has 0 atom stereocenters. The number of hydrogen-bond acceptors (Lipinski definition) is 6. The van der Waals surface area contributed by atoms with E-state index in [1.807, 2.05) is 12.1 Å². The van der Waals surface area contributed by atoms with Crippen molar-refractivity contribution >= 4 is 11.9 Å². The molecular weight excluding hydrogens is 336 g/mol. The summed E-state index contributed by atoms with van der Waals surface area (Å²) in [4.78, 5) is 22.3. The molecule has 134 valence electrons. The van der Waals surface area contributed by atoms with Gasteiger partial charge in [0.15, 0.2) is 0 Å². The normalized spacial score (nSPS) is 11.2. The Balaban J connectivity index is 0.000000189. The summed E-state index contributed by atoms with van der Waals surface area (Å²) in [6.45, 7) is 0.616. The smallest absolute Gasteiger partial charge is 0.339 e. The van der Waals surface area contributed by atoms with E-state index in [2.05, 4.69) is 10.1 Å². The summed E-state index contributed by atoms with van der Waals surface area (Å²) in [6.07, 6.45) is 0. The van der Waals surface area contributed by atoms with E-state index in [0.29, 0.717) is 12.3 Å². The molecule has 0 unspecified atom stereocenters. The Morgan fingerprint density at radius 1 is 1.08 bits per heavy atom. The zero-order valence-corrected chi connectivity index (χ0v) is 14.7. The second-order valence-electron chi connectivity index (χ2n) is 5.22. The predicted molar refractivity (Wildman–Crippen MR) is 93.2 cm³/mol. The van der Waals surface area contributed by atoms with Gasteiger partial charge in [0.05, 0.1) is 32.5 Å². The number of benzene rings is 2. The molecule has 0 aliphatic carbocycles. The van der Waals surface area contributed by atoms with Crippen LogP contribution >= 0.6 is 0 Å². The first kappa shape index (κ1) is 18.8. The standard InChI is InChI=1S/C10H9NO3.C9H9NO2/c1-13-8-3-4-9(10(12)14-2)7(5-8)6-11;1-12-7-2-3-8-6(4-7)5-10-9(8)11/h3-5H,1-2H3;2-4H,5H2,1H3,(H,10,11). The zero-order chi connectivity index (χ0) is 19.1. The van der Waals surface area contributed by atoms with Crippen molar-refractivity contribution < 1.29 is 23.8 Å². The molecule has 26 heavy (non-hydrogen) atoms. The van der Waals surface area contributed by atoms with E-state index in [4.69, 9.17) is 14.7 Å². The van der Waals surface area contributed by atoms with Crippen LogP contribution in [0.15, 0.2) is 36.4 Å². The molecule has 0 saturated carbocycles. The summed E-state index contributed by atoms with van der Waals surface area (Å²) in [7, 11) is 4.38. The minimum absolute atomic E-state index is 0.00709. The molecule has 1 aliphatic heterocycles. The van der Waals surface area contributed by atoms with Gasteiger partial charge >= 0.3 is 5.97 Å². The Kier molecular flexibility index (Phi) is 6.17. The minimum atomic E-state index is -0.524. The summed E-state index contributed by atoms with van der Waals surface area (Å²) >= 11 is 0. The average molecular weight is 354 g/mol. The first-order valence-electron chi connectivity index (χ1n) is 7.65. The highest BCUT2D eigenvalue weighted by molar-refractivity contribution is 5.98. The number of fused-ring (bicyclic) bond motifs is 1. The Hall–Kier alpha value is -3.53. The number of nitrogens with zero attached hydrogens (tertiary/aromatic N) is 1. The molecule has 1 N–H and O–H groups in total. The van der Waals surface area contributed by atoms with Gasteiger partial charge in [0.2, 0.25) is 0 Å². The molecule has 1 heterocycles. The van der Waals surface area contributed by atoms with Crippen molar-refractivity contribution in [1.82, 2.24) is 5.32 Å². The number of hydrogen-bond donors (Lipinski definition) is 1. The molecule has 0 aromatic heterocycles. The third-order valence-electron chi connectivity index (χ3n) is 3.75. The minimum Gasteiger partial charge on any atom is -0.497 e. The lowest BCUT2D eigenvalue weighted by atomic mass is 10.1. The van der Waals surface area contributed by atoms with Gasteiger partial charge in [-0.3, -0.25) is 4.79 Å². The summed E-state index contributed by atoms with van der Waals surface area (Å²) in [6, 6.07) is 12.0. The second kappa shape index (κ2) is 8.53. The fourth-order valence-electron chi connectivity index (χ4n) is 2.37. The van der Waals surface area contributed by atoms with Gasteiger partial charge in [-0.15, -0.1) is 0 Å². The second-order valence-corrected chi connectivity index (χ2v) is 5.22. The number of nitriles is 1. The van der Waals surface area contributed by atoms with E-state index >= 15 is 0 Å². The fourth-order valence-corrected chi connectivity index (χ4v) is 2.37. The quantitative estimate of drug-likeness (QED) is 0.850. The number of methoxy groups -OCH3 is 3. The van der Waals surface area contributed by atoms with Crippen LogP contribution in [0.1, 0.15) is 31.8 Å². The molecule has 1 amide bonds. The highest BCUT2D eigenvalue weighted by atomic mass is 16.5. The monoisotopic (exact) mass is 354 g/mol. The van der Waals surface area contributed by atoms with E-state index in [-0.39, 0.29) is 17.0 Å². The highest BCUT2D eigenvalue weighted by Crippen LogP contribution is 2.21. The Labute approximate surface area is 151 Å². The van der Waals surface area contributed by atoms with Crippen LogP contribution in [0.4, 0.5) is 0 Å². The molecule has 0 bridgehead atoms. The molecule has 0 radical (unpaired) electrons. The fraction of sp³-hybridized carbons (Fsp3) is 0.211. The summed E-state index contributed by atoms with van der Waals surface area (Å²) in [5.74, 6) is 0.816. The van der Waals surface area contributed by atoms with Gasteiger partial charge in [-0.2, -0.15) is 5.26 Å². The van der Waals surface area contributed by atoms with Gasteiger partial charge < -0.3 is 19.5 Å². The third kappa shape index (κ3) is 4.11. The van der Waals surface area contributed by atoms with Gasteiger partial charge in [-0.05, 0) is 42.0 Å². The van der Waals surface area contributed by atoms with Gasteiger partial charge in [0.1, 0.15) is 17.6 Å². The summed E-state index contributed by atoms with van der Waals surface area (Å²) in [5.41, 5.74) is 2.27. The van der Waals surface area contributed by atoms with Crippen molar-refractivity contribution in [3.63, 3.8) is 0 Å². The van der Waals surface area contributed by atoms with Crippen molar-refractivity contribution in [2.45, 2.75) is 6.54 Å². The topological polar surface area (TPSA) is 97.7 Å². The maximum Gasteiger partial charge on any atom is 0.339 e. The van der Waals surface area contributed by atoms with E-state index in [9.17, 15) is 9.59 Å². The van der Waals surface area contributed by atoms with Crippen molar-refractivity contribution in [2.75, 3.05) is 21.3 Å². The van der Waals surface area contributed by atoms with Crippen molar-refractivity contribution in [3.8, 4) is 17.6 Å². The lowest BCUT2D eigenvalue weighted by Gasteiger charge is -2.03. The number of esters is 1. The van der Waals surface area contributed by atoms with Crippen LogP contribution in [0, 0.1) is 11.3 Å². The molecule has 7 nitrogen and oxygen atoms in total. The maximum atomic E-state index is 11.2. The van der Waals surface area contributed by atoms with Crippen LogP contribution in [-0.4, -0.2) is 33.2 Å². The molecule has 1 aliphatic rings. The van der Waals surface area contributed by atoms with Gasteiger partial charge in [0, 0.05) is 12.1 Å². The highest BCUT2D eigenvalue weighted by Gasteiger charge is 2.18. The SMILES string of the molecule is COC(=O)c1ccc(OC)cc1C#N.COc1ccc2c(c1)CNC2=O. The zero-order valence-electron chi connectivity index (χ0n) is 14.7. The van der Waals surface area contributed by atoms with Gasteiger partial charge in [0.25, 0.3) is 5.91 Å². The van der Waals surface area contributed by atoms with Gasteiger partial charge in [-0.25, -0.2) is 4.79 Å². The summed E-state index contributed by atoms with van der Waals surface area (Å²) < 4.78 is 14.5. The van der Waals surface area contributed by atoms with Crippen LogP contribution in [0.25, 0.3) is 0 Å². The molecule has 0 fully saturated rings. The maximum absolute atomic E-state index is 11.2. The Morgan fingerprint density at radius 3 is 2.35 bits per heavy atom. The van der Waals surface area contributed by atoms with Crippen LogP contribution in [0.5, 0.6) is 11.5 Å². The molecule has 2 aromatic carbocycles. The third-order valence-corrected chi connectivity index (χ3v) is 3.75. The summed E-state index contributed by atoms with van der Waals surface area (Å²) in [5, 5.41) is 11.5. The average Bonchev–Trinajstić information content (AvgIpc) is 3.07. The Bertz CT molecular complexity index is 871. The van der Waals surface area contributed by atoms with Crippen LogP contribution in [-0.2, 0) is 11.3 Å². The Morgan fingerprint density at radius 2 is 1.73 bits per heavy atom. The number of amides is 1. The number of carbonyl (C=O) groups excluding carboxylic acids is 2. The lowest BCUT2D eigenvalue weighted by Crippen LogP contribution is -2.12. The van der Waals surface area contributed by atoms with E-state index in [1.54, 1.807) is 25.3 Å². The molecule has 0 saturated heterocycles. The van der Waals surface area contributed by atoms with E-state index in [1.165, 1.54) is 26.4 Å². The molecule has 3 rings (SSSR count). The van der Waals surface area contributed by atoms with E-state index in [0.717, 1.165) is 16.9 Å².